The van der Waals surface area contributed by atoms with E-state index in [0.29, 0.717) is 11.6 Å². The normalized spacial score (nSPS) is 15.0. The van der Waals surface area contributed by atoms with Crippen molar-refractivity contribution < 1.29 is 0 Å². The number of benzene rings is 1. The van der Waals surface area contributed by atoms with Crippen LogP contribution in [0.4, 0.5) is 5.69 Å². The van der Waals surface area contributed by atoms with Crippen LogP contribution in [0.25, 0.3) is 0 Å². The summed E-state index contributed by atoms with van der Waals surface area (Å²) in [5.41, 5.74) is 3.99. The Morgan fingerprint density at radius 1 is 1.17 bits per heavy atom. The van der Waals surface area contributed by atoms with E-state index in [0.717, 1.165) is 29.9 Å². The number of rotatable bonds is 4. The largest absolute Gasteiger partial charge is 0.372 e. The fourth-order valence-corrected chi connectivity index (χ4v) is 3.49. The Balaban J connectivity index is 1.77. The Labute approximate surface area is 141 Å². The van der Waals surface area contributed by atoms with Gasteiger partial charge in [0.05, 0.1) is 0 Å². The highest BCUT2D eigenvalue weighted by Crippen LogP contribution is 2.21. The first-order valence-corrected chi connectivity index (χ1v) is 9.37. The lowest BCUT2D eigenvalue weighted by Crippen LogP contribution is -2.29. The third kappa shape index (κ3) is 3.78. The first-order chi connectivity index (χ1) is 11.2. The van der Waals surface area contributed by atoms with Crippen molar-refractivity contribution in [2.75, 3.05) is 24.2 Å². The third-order valence-electron chi connectivity index (χ3n) is 4.43. The van der Waals surface area contributed by atoms with Crippen molar-refractivity contribution in [3.8, 4) is 0 Å². The van der Waals surface area contributed by atoms with Crippen molar-refractivity contribution in [3.05, 3.63) is 51.4 Å². The van der Waals surface area contributed by atoms with Crippen LogP contribution in [0.1, 0.15) is 36.1 Å². The number of hydrogen-bond donors (Lipinski definition) is 1. The zero-order valence-corrected chi connectivity index (χ0v) is 14.6. The molecule has 1 aromatic heterocycles. The molecule has 2 heterocycles. The summed E-state index contributed by atoms with van der Waals surface area (Å²) < 4.78 is 0. The lowest BCUT2D eigenvalue weighted by molar-refractivity contribution is 0.578. The third-order valence-corrected chi connectivity index (χ3v) is 5.01. The Hall–Kier alpha value is -1.75. The van der Waals surface area contributed by atoms with Gasteiger partial charge in [-0.05, 0) is 50.1 Å². The Bertz CT molecular complexity index is 718. The summed E-state index contributed by atoms with van der Waals surface area (Å²) in [4.78, 5) is 21.9. The molecule has 1 saturated heterocycles. The quantitative estimate of drug-likeness (QED) is 0.690. The van der Waals surface area contributed by atoms with E-state index in [9.17, 15) is 4.79 Å². The molecule has 0 amide bonds. The second kappa shape index (κ2) is 7.21. The molecule has 0 aliphatic carbocycles. The molecule has 1 N–H and O–H groups in total. The van der Waals surface area contributed by atoms with Crippen LogP contribution in [0.2, 0.25) is 0 Å². The molecule has 23 heavy (non-hydrogen) atoms. The van der Waals surface area contributed by atoms with Crippen LogP contribution in [0.5, 0.6) is 0 Å². The highest BCUT2D eigenvalue weighted by molar-refractivity contribution is 7.98. The topological polar surface area (TPSA) is 49.0 Å². The minimum Gasteiger partial charge on any atom is -0.372 e. The number of thioether (sulfide) groups is 1. The number of nitrogens with zero attached hydrogens (tertiary/aromatic N) is 2. The Morgan fingerprint density at radius 2 is 1.87 bits per heavy atom. The van der Waals surface area contributed by atoms with Crippen molar-refractivity contribution in [2.45, 2.75) is 37.8 Å². The number of aryl methyl sites for hydroxylation is 1. The number of hydrogen-bond acceptors (Lipinski definition) is 4. The zero-order valence-electron chi connectivity index (χ0n) is 13.8. The summed E-state index contributed by atoms with van der Waals surface area (Å²) in [6.45, 7) is 4.21. The molecule has 1 aliphatic heterocycles. The van der Waals surface area contributed by atoms with Crippen LogP contribution >= 0.6 is 11.8 Å². The van der Waals surface area contributed by atoms with Gasteiger partial charge in [-0.15, -0.1) is 0 Å². The maximum absolute atomic E-state index is 12.2. The summed E-state index contributed by atoms with van der Waals surface area (Å²) in [5.74, 6) is 0. The fraction of sp³-hybridized carbons (Fsp3) is 0.444. The van der Waals surface area contributed by atoms with Crippen LogP contribution in [0.15, 0.2) is 34.2 Å². The molecule has 4 nitrogen and oxygen atoms in total. The maximum atomic E-state index is 12.2. The van der Waals surface area contributed by atoms with E-state index in [2.05, 4.69) is 39.1 Å². The van der Waals surface area contributed by atoms with Crippen LogP contribution in [-0.2, 0) is 6.42 Å². The highest BCUT2D eigenvalue weighted by Gasteiger charge is 2.12. The number of H-pyrrole nitrogens is 1. The summed E-state index contributed by atoms with van der Waals surface area (Å²) in [5, 5.41) is 0.677. The van der Waals surface area contributed by atoms with Crippen molar-refractivity contribution in [1.82, 2.24) is 9.97 Å². The monoisotopic (exact) mass is 329 g/mol. The highest BCUT2D eigenvalue weighted by atomic mass is 32.2. The van der Waals surface area contributed by atoms with Gasteiger partial charge in [0, 0.05) is 36.5 Å². The van der Waals surface area contributed by atoms with Gasteiger partial charge in [0.2, 0.25) is 0 Å². The molecule has 1 aromatic carbocycles. The first-order valence-electron chi connectivity index (χ1n) is 8.15. The summed E-state index contributed by atoms with van der Waals surface area (Å²) in [6, 6.07) is 8.61. The van der Waals surface area contributed by atoms with Gasteiger partial charge in [-0.25, -0.2) is 4.98 Å². The van der Waals surface area contributed by atoms with Gasteiger partial charge in [-0.3, -0.25) is 4.79 Å². The first kappa shape index (κ1) is 16.1. The maximum Gasteiger partial charge on any atom is 0.255 e. The van der Waals surface area contributed by atoms with Crippen molar-refractivity contribution in [3.63, 3.8) is 0 Å². The van der Waals surface area contributed by atoms with Crippen LogP contribution < -0.4 is 10.5 Å². The minimum absolute atomic E-state index is 0.0260. The van der Waals surface area contributed by atoms with Crippen LogP contribution in [-0.4, -0.2) is 29.3 Å². The number of aromatic nitrogens is 2. The molecule has 3 rings (SSSR count). The second-order valence-electron chi connectivity index (χ2n) is 6.03. The van der Waals surface area contributed by atoms with E-state index >= 15 is 0 Å². The predicted octanol–water partition coefficient (Wildman–Crippen LogP) is 3.38. The van der Waals surface area contributed by atoms with Crippen molar-refractivity contribution in [2.24, 2.45) is 0 Å². The van der Waals surface area contributed by atoms with Crippen LogP contribution in [0.3, 0.4) is 0 Å². The molecule has 2 aromatic rings. The number of aromatic amines is 1. The van der Waals surface area contributed by atoms with Crippen LogP contribution in [0, 0.1) is 6.92 Å². The molecular weight excluding hydrogens is 306 g/mol. The Morgan fingerprint density at radius 3 is 2.48 bits per heavy atom. The van der Waals surface area contributed by atoms with Crippen molar-refractivity contribution >= 4 is 17.4 Å². The molecule has 5 heteroatoms. The number of nitrogens with one attached hydrogen (secondary N) is 1. The van der Waals surface area contributed by atoms with E-state index in [1.165, 1.54) is 36.7 Å². The average molecular weight is 329 g/mol. The molecule has 0 bridgehead atoms. The molecule has 1 fully saturated rings. The van der Waals surface area contributed by atoms with Gasteiger partial charge in [0.15, 0.2) is 5.16 Å². The van der Waals surface area contributed by atoms with E-state index in [1.54, 1.807) is 0 Å². The molecule has 0 saturated carbocycles. The summed E-state index contributed by atoms with van der Waals surface area (Å²) in [7, 11) is 0. The lowest BCUT2D eigenvalue weighted by atomic mass is 10.0. The minimum atomic E-state index is -0.0260. The summed E-state index contributed by atoms with van der Waals surface area (Å²) in [6.07, 6.45) is 6.45. The fourth-order valence-electron chi connectivity index (χ4n) is 3.07. The number of anilines is 1. The lowest BCUT2D eigenvalue weighted by Gasteiger charge is -2.28. The van der Waals surface area contributed by atoms with Gasteiger partial charge in [-0.1, -0.05) is 23.9 Å². The van der Waals surface area contributed by atoms with Gasteiger partial charge in [0.1, 0.15) is 0 Å². The standard InChI is InChI=1S/C18H23N3OS/c1-13-16(17(22)20-18(19-13)23-2)12-14-6-8-15(9-7-14)21-10-4-3-5-11-21/h6-9H,3-5,10-12H2,1-2H3,(H,19,20,22). The van der Waals surface area contributed by atoms with Crippen molar-refractivity contribution in [1.29, 1.82) is 0 Å². The molecule has 0 atom stereocenters. The molecule has 122 valence electrons. The van der Waals surface area contributed by atoms with Gasteiger partial charge < -0.3 is 9.88 Å². The zero-order chi connectivity index (χ0) is 16.2. The van der Waals surface area contributed by atoms with E-state index in [-0.39, 0.29) is 5.56 Å². The van der Waals surface area contributed by atoms with E-state index in [4.69, 9.17) is 0 Å². The summed E-state index contributed by atoms with van der Waals surface area (Å²) >= 11 is 1.46. The van der Waals surface area contributed by atoms with Gasteiger partial charge in [-0.2, -0.15) is 0 Å². The molecule has 0 unspecified atom stereocenters. The second-order valence-corrected chi connectivity index (χ2v) is 6.83. The molecular formula is C18H23N3OS. The molecule has 1 aliphatic rings. The van der Waals surface area contributed by atoms with E-state index in [1.807, 2.05) is 13.2 Å². The number of piperidine rings is 1. The molecule has 0 spiro atoms. The molecule has 0 radical (unpaired) electrons. The Kier molecular flexibility index (Phi) is 5.06. The smallest absolute Gasteiger partial charge is 0.255 e. The average Bonchev–Trinajstić information content (AvgIpc) is 2.59. The van der Waals surface area contributed by atoms with Gasteiger partial charge >= 0.3 is 0 Å². The predicted molar refractivity (Wildman–Crippen MR) is 96.7 cm³/mol. The SMILES string of the molecule is CSc1nc(C)c(Cc2ccc(N3CCCCC3)cc2)c(=O)[nH]1. The van der Waals surface area contributed by atoms with E-state index < -0.39 is 0 Å². The van der Waals surface area contributed by atoms with Gasteiger partial charge in [0.25, 0.3) is 5.56 Å².